The molecule has 7 heteroatoms. The first-order valence-corrected chi connectivity index (χ1v) is 11.8. The summed E-state index contributed by atoms with van der Waals surface area (Å²) in [6.07, 6.45) is 4.40. The van der Waals surface area contributed by atoms with Crippen LogP contribution in [-0.2, 0) is 16.4 Å². The van der Waals surface area contributed by atoms with Gasteiger partial charge in [0.05, 0.1) is 5.02 Å². The van der Waals surface area contributed by atoms with Crippen molar-refractivity contribution < 1.29 is 13.2 Å². The smallest absolute Gasteiger partial charge is 0.251 e. The minimum absolute atomic E-state index is 0.00775. The quantitative estimate of drug-likeness (QED) is 0.664. The second-order valence-corrected chi connectivity index (χ2v) is 9.77. The Morgan fingerprint density at radius 2 is 1.76 bits per heavy atom. The average molecular weight is 435 g/mol. The number of hydrogen-bond donors (Lipinski definition) is 1. The van der Waals surface area contributed by atoms with Crippen molar-refractivity contribution in [2.75, 3.05) is 19.6 Å². The summed E-state index contributed by atoms with van der Waals surface area (Å²) in [6.45, 7) is 3.56. The van der Waals surface area contributed by atoms with Crippen molar-refractivity contribution in [3.63, 3.8) is 0 Å². The van der Waals surface area contributed by atoms with Crippen molar-refractivity contribution in [2.24, 2.45) is 0 Å². The van der Waals surface area contributed by atoms with Crippen LogP contribution < -0.4 is 5.32 Å². The van der Waals surface area contributed by atoms with Crippen molar-refractivity contribution in [3.05, 3.63) is 64.2 Å². The number of sulfonamides is 1. The van der Waals surface area contributed by atoms with Gasteiger partial charge in [-0.25, -0.2) is 8.42 Å². The highest BCUT2D eigenvalue weighted by Crippen LogP contribution is 2.27. The molecule has 0 unspecified atom stereocenters. The van der Waals surface area contributed by atoms with Gasteiger partial charge in [-0.15, -0.1) is 0 Å². The Kier molecular flexibility index (Phi) is 7.33. The zero-order valence-electron chi connectivity index (χ0n) is 16.7. The summed E-state index contributed by atoms with van der Waals surface area (Å²) in [4.78, 5) is 12.5. The van der Waals surface area contributed by atoms with Gasteiger partial charge in [0, 0.05) is 25.2 Å². The summed E-state index contributed by atoms with van der Waals surface area (Å²) in [7, 11) is -3.69. The Morgan fingerprint density at radius 1 is 1.07 bits per heavy atom. The van der Waals surface area contributed by atoms with Crippen LogP contribution in [0.15, 0.2) is 47.4 Å². The van der Waals surface area contributed by atoms with Gasteiger partial charge in [-0.05, 0) is 56.4 Å². The van der Waals surface area contributed by atoms with Gasteiger partial charge in [0.2, 0.25) is 10.0 Å². The first-order chi connectivity index (χ1) is 13.9. The highest BCUT2D eigenvalue weighted by Gasteiger charge is 2.28. The number of benzene rings is 2. The number of nitrogens with zero attached hydrogens (tertiary/aromatic N) is 1. The SMILES string of the molecule is Cc1ccc(CCCNC(=O)c2ccc(Cl)c(S(=O)(=O)N3CCCCC3)c2)cc1. The number of aryl methyl sites for hydroxylation is 2. The van der Waals surface area contributed by atoms with Gasteiger partial charge >= 0.3 is 0 Å². The Bertz CT molecular complexity index is 953. The summed E-state index contributed by atoms with van der Waals surface area (Å²) in [6, 6.07) is 12.8. The van der Waals surface area contributed by atoms with Gasteiger partial charge in [-0.3, -0.25) is 4.79 Å². The van der Waals surface area contributed by atoms with Crippen LogP contribution in [-0.4, -0.2) is 38.3 Å². The lowest BCUT2D eigenvalue weighted by atomic mass is 10.1. The highest BCUT2D eigenvalue weighted by molar-refractivity contribution is 7.89. The second kappa shape index (κ2) is 9.74. The zero-order chi connectivity index (χ0) is 20.9. The molecule has 29 heavy (non-hydrogen) atoms. The molecule has 1 aliphatic rings. The molecular weight excluding hydrogens is 408 g/mol. The number of carbonyl (C=O) groups excluding carboxylic acids is 1. The normalized spacial score (nSPS) is 15.2. The Balaban J connectivity index is 1.62. The van der Waals surface area contributed by atoms with E-state index in [0.29, 0.717) is 25.2 Å². The third-order valence-corrected chi connectivity index (χ3v) is 7.55. The third kappa shape index (κ3) is 5.59. The number of nitrogens with one attached hydrogen (secondary N) is 1. The van der Waals surface area contributed by atoms with Crippen molar-refractivity contribution in [1.82, 2.24) is 9.62 Å². The lowest BCUT2D eigenvalue weighted by molar-refractivity contribution is 0.0953. The van der Waals surface area contributed by atoms with Gasteiger partial charge in [0.25, 0.3) is 5.91 Å². The van der Waals surface area contributed by atoms with E-state index in [2.05, 4.69) is 36.5 Å². The molecule has 0 aromatic heterocycles. The van der Waals surface area contributed by atoms with Gasteiger partial charge in [-0.1, -0.05) is 47.9 Å². The lowest BCUT2D eigenvalue weighted by Gasteiger charge is -2.26. The summed E-state index contributed by atoms with van der Waals surface area (Å²) in [5.41, 5.74) is 2.76. The van der Waals surface area contributed by atoms with Gasteiger partial charge in [0.15, 0.2) is 0 Å². The van der Waals surface area contributed by atoms with Crippen molar-refractivity contribution in [2.45, 2.75) is 43.9 Å². The molecule has 1 N–H and O–H groups in total. The number of piperidine rings is 1. The first-order valence-electron chi connectivity index (χ1n) is 10.0. The largest absolute Gasteiger partial charge is 0.352 e. The predicted octanol–water partition coefficient (Wildman–Crippen LogP) is 4.19. The molecule has 1 aliphatic heterocycles. The second-order valence-electron chi connectivity index (χ2n) is 7.45. The standard InChI is InChI=1S/C22H27ClN2O3S/c1-17-7-9-18(10-8-17)6-5-13-24-22(26)19-11-12-20(23)21(16-19)29(27,28)25-14-3-2-4-15-25/h7-12,16H,2-6,13-15H2,1H3,(H,24,26). The molecule has 0 aliphatic carbocycles. The van der Waals surface area contributed by atoms with E-state index >= 15 is 0 Å². The number of rotatable bonds is 7. The van der Waals surface area contributed by atoms with E-state index in [1.54, 1.807) is 6.07 Å². The molecule has 3 rings (SSSR count). The van der Waals surface area contributed by atoms with Crippen molar-refractivity contribution in [1.29, 1.82) is 0 Å². The monoisotopic (exact) mass is 434 g/mol. The average Bonchev–Trinajstić information content (AvgIpc) is 2.73. The van der Waals surface area contributed by atoms with Crippen molar-refractivity contribution >= 4 is 27.5 Å². The molecule has 5 nitrogen and oxygen atoms in total. The molecule has 0 saturated carbocycles. The van der Waals surface area contributed by atoms with E-state index < -0.39 is 10.0 Å². The van der Waals surface area contributed by atoms with Crippen LogP contribution in [0.1, 0.15) is 47.2 Å². The lowest BCUT2D eigenvalue weighted by Crippen LogP contribution is -2.36. The van der Waals surface area contributed by atoms with Gasteiger partial charge in [0.1, 0.15) is 4.90 Å². The van der Waals surface area contributed by atoms with E-state index in [-0.39, 0.29) is 15.8 Å². The molecule has 0 radical (unpaired) electrons. The first kappa shape index (κ1) is 21.8. The fraction of sp³-hybridized carbons (Fsp3) is 0.409. The van der Waals surface area contributed by atoms with Crippen LogP contribution in [0.3, 0.4) is 0 Å². The molecule has 0 atom stereocenters. The maximum atomic E-state index is 12.9. The number of carbonyl (C=O) groups is 1. The van der Waals surface area contributed by atoms with Gasteiger partial charge in [-0.2, -0.15) is 4.31 Å². The molecule has 1 amide bonds. The van der Waals surface area contributed by atoms with Gasteiger partial charge < -0.3 is 5.32 Å². The molecule has 2 aromatic carbocycles. The number of amides is 1. The molecule has 0 spiro atoms. The molecule has 0 bridgehead atoms. The summed E-state index contributed by atoms with van der Waals surface area (Å²) in [5, 5.41) is 3.01. The summed E-state index contributed by atoms with van der Waals surface area (Å²) >= 11 is 6.17. The van der Waals surface area contributed by atoms with E-state index in [1.807, 2.05) is 0 Å². The minimum atomic E-state index is -3.69. The van der Waals surface area contributed by atoms with E-state index in [4.69, 9.17) is 11.6 Å². The molecule has 2 aromatic rings. The van der Waals surface area contributed by atoms with Crippen LogP contribution in [0.2, 0.25) is 5.02 Å². The molecule has 1 saturated heterocycles. The van der Waals surface area contributed by atoms with E-state index in [0.717, 1.165) is 32.1 Å². The third-order valence-electron chi connectivity index (χ3n) is 5.17. The minimum Gasteiger partial charge on any atom is -0.352 e. The maximum absolute atomic E-state index is 12.9. The number of halogens is 1. The molecule has 1 heterocycles. The Morgan fingerprint density at radius 3 is 2.45 bits per heavy atom. The van der Waals surface area contributed by atoms with Crippen LogP contribution in [0.5, 0.6) is 0 Å². The van der Waals surface area contributed by atoms with Crippen LogP contribution in [0.4, 0.5) is 0 Å². The molecular formula is C22H27ClN2O3S. The fourth-order valence-corrected chi connectivity index (χ4v) is 5.46. The van der Waals surface area contributed by atoms with Crippen LogP contribution >= 0.6 is 11.6 Å². The molecule has 1 fully saturated rings. The molecule has 156 valence electrons. The highest BCUT2D eigenvalue weighted by atomic mass is 35.5. The number of hydrogen-bond acceptors (Lipinski definition) is 3. The van der Waals surface area contributed by atoms with Crippen molar-refractivity contribution in [3.8, 4) is 0 Å². The van der Waals surface area contributed by atoms with Crippen LogP contribution in [0, 0.1) is 6.92 Å². The predicted molar refractivity (Wildman–Crippen MR) is 116 cm³/mol. The zero-order valence-corrected chi connectivity index (χ0v) is 18.2. The fourth-order valence-electron chi connectivity index (χ4n) is 3.44. The topological polar surface area (TPSA) is 66.5 Å². The van der Waals surface area contributed by atoms with Crippen LogP contribution in [0.25, 0.3) is 0 Å². The maximum Gasteiger partial charge on any atom is 0.251 e. The van der Waals surface area contributed by atoms with E-state index in [1.165, 1.54) is 27.6 Å². The van der Waals surface area contributed by atoms with E-state index in [9.17, 15) is 13.2 Å². The Hall–Kier alpha value is -1.89. The Labute approximate surface area is 178 Å². The summed E-state index contributed by atoms with van der Waals surface area (Å²) < 4.78 is 27.3. The summed E-state index contributed by atoms with van der Waals surface area (Å²) in [5.74, 6) is -0.291.